The molecule has 8 heteroatoms. The van der Waals surface area contributed by atoms with Crippen molar-refractivity contribution in [1.29, 1.82) is 0 Å². The third kappa shape index (κ3) is 3.92. The van der Waals surface area contributed by atoms with E-state index in [2.05, 4.69) is 47.5 Å². The Balaban J connectivity index is 1.55. The molecule has 0 radical (unpaired) electrons. The summed E-state index contributed by atoms with van der Waals surface area (Å²) in [6.07, 6.45) is 0. The van der Waals surface area contributed by atoms with Crippen molar-refractivity contribution in [2.75, 3.05) is 5.43 Å². The summed E-state index contributed by atoms with van der Waals surface area (Å²) in [5, 5.41) is 7.14. The number of aromatic amines is 1. The average Bonchev–Trinajstić information content (AvgIpc) is 3.27. The lowest BCUT2D eigenvalue weighted by molar-refractivity contribution is 0.522. The molecule has 0 saturated heterocycles. The van der Waals surface area contributed by atoms with Gasteiger partial charge in [-0.1, -0.05) is 46.3 Å². The summed E-state index contributed by atoms with van der Waals surface area (Å²) in [6.45, 7) is 0.474. The molecule has 0 bridgehead atoms. The minimum absolute atomic E-state index is 0.474. The number of rotatable bonds is 5. The van der Waals surface area contributed by atoms with Gasteiger partial charge >= 0.3 is 0 Å². The fourth-order valence-corrected chi connectivity index (χ4v) is 4.13. The van der Waals surface area contributed by atoms with Crippen molar-refractivity contribution in [2.24, 2.45) is 0 Å². The van der Waals surface area contributed by atoms with E-state index in [1.807, 2.05) is 60.7 Å². The lowest BCUT2D eigenvalue weighted by Crippen LogP contribution is -2.15. The molecule has 0 fully saturated rings. The van der Waals surface area contributed by atoms with Gasteiger partial charge in [0.15, 0.2) is 5.82 Å². The van der Waals surface area contributed by atoms with E-state index in [1.54, 1.807) is 4.68 Å². The van der Waals surface area contributed by atoms with Crippen LogP contribution in [0, 0.1) is 4.77 Å². The number of aromatic nitrogens is 3. The van der Waals surface area contributed by atoms with E-state index in [0.29, 0.717) is 11.3 Å². The fourth-order valence-electron chi connectivity index (χ4n) is 2.69. The number of nitrogens with zero attached hydrogens (tertiary/aromatic N) is 2. The largest absolute Gasteiger partial charge is 0.459 e. The Bertz CT molecular complexity index is 1130. The second kappa shape index (κ2) is 7.84. The van der Waals surface area contributed by atoms with Crippen LogP contribution in [0.5, 0.6) is 0 Å². The first kappa shape index (κ1) is 18.2. The lowest BCUT2D eigenvalue weighted by atomic mass is 10.2. The van der Waals surface area contributed by atoms with Crippen LogP contribution < -0.4 is 5.43 Å². The zero-order valence-electron chi connectivity index (χ0n) is 13.9. The summed E-state index contributed by atoms with van der Waals surface area (Å²) in [7, 11) is 0. The molecule has 4 aromatic rings. The Morgan fingerprint density at radius 2 is 1.89 bits per heavy atom. The number of H-pyrrole nitrogens is 1. The Kier molecular flexibility index (Phi) is 5.29. The molecule has 2 heterocycles. The smallest absolute Gasteiger partial charge is 0.214 e. The molecule has 4 rings (SSSR count). The maximum absolute atomic E-state index is 5.99. The van der Waals surface area contributed by atoms with Gasteiger partial charge in [-0.2, -0.15) is 5.10 Å². The molecule has 27 heavy (non-hydrogen) atoms. The SMILES string of the molecule is S=c1[nH]nc(-c2ccccc2)n1NCc1ccc(-c2ccc(Br)cc2Br)o1. The highest BCUT2D eigenvalue weighted by Crippen LogP contribution is 2.32. The Labute approximate surface area is 177 Å². The van der Waals surface area contributed by atoms with Crippen LogP contribution in [0.1, 0.15) is 5.76 Å². The van der Waals surface area contributed by atoms with E-state index in [9.17, 15) is 0 Å². The highest BCUT2D eigenvalue weighted by atomic mass is 79.9. The van der Waals surface area contributed by atoms with Gasteiger partial charge in [0.05, 0.1) is 6.54 Å². The molecule has 0 atom stereocenters. The third-order valence-electron chi connectivity index (χ3n) is 3.97. The van der Waals surface area contributed by atoms with Crippen molar-refractivity contribution in [3.05, 3.63) is 80.1 Å². The van der Waals surface area contributed by atoms with Gasteiger partial charge in [-0.3, -0.25) is 0 Å². The third-order valence-corrected chi connectivity index (χ3v) is 5.40. The highest BCUT2D eigenvalue weighted by Gasteiger charge is 2.11. The van der Waals surface area contributed by atoms with Crippen molar-refractivity contribution in [3.8, 4) is 22.7 Å². The van der Waals surface area contributed by atoms with Crippen LogP contribution in [0.4, 0.5) is 0 Å². The van der Waals surface area contributed by atoms with E-state index in [0.717, 1.165) is 37.4 Å². The highest BCUT2D eigenvalue weighted by molar-refractivity contribution is 9.11. The summed E-state index contributed by atoms with van der Waals surface area (Å²) in [4.78, 5) is 0. The minimum atomic E-state index is 0.474. The van der Waals surface area contributed by atoms with Gasteiger partial charge in [0.25, 0.3) is 0 Å². The molecule has 2 N–H and O–H groups in total. The van der Waals surface area contributed by atoms with Gasteiger partial charge in [0.2, 0.25) is 4.77 Å². The van der Waals surface area contributed by atoms with Crippen LogP contribution in [0.25, 0.3) is 22.7 Å². The molecule has 0 aliphatic carbocycles. The predicted molar refractivity (Wildman–Crippen MR) is 115 cm³/mol. The molecular weight excluding hydrogens is 492 g/mol. The predicted octanol–water partition coefficient (Wildman–Crippen LogP) is 6.14. The lowest BCUT2D eigenvalue weighted by Gasteiger charge is -2.08. The molecule has 2 aromatic heterocycles. The van der Waals surface area contributed by atoms with Crippen molar-refractivity contribution in [2.45, 2.75) is 6.54 Å². The molecule has 0 unspecified atom stereocenters. The second-order valence-electron chi connectivity index (χ2n) is 5.78. The molecular formula is C19H14Br2N4OS. The zero-order valence-corrected chi connectivity index (χ0v) is 17.9. The Morgan fingerprint density at radius 3 is 2.67 bits per heavy atom. The number of nitrogens with one attached hydrogen (secondary N) is 2. The van der Waals surface area contributed by atoms with Crippen molar-refractivity contribution >= 4 is 44.1 Å². The van der Waals surface area contributed by atoms with E-state index in [1.165, 1.54) is 0 Å². The summed E-state index contributed by atoms with van der Waals surface area (Å²) in [6, 6.07) is 19.7. The van der Waals surface area contributed by atoms with Gasteiger partial charge < -0.3 is 9.84 Å². The van der Waals surface area contributed by atoms with Crippen LogP contribution in [0.2, 0.25) is 0 Å². The van der Waals surface area contributed by atoms with Crippen LogP contribution in [-0.4, -0.2) is 14.9 Å². The summed E-state index contributed by atoms with van der Waals surface area (Å²) < 4.78 is 10.2. The molecule has 0 spiro atoms. The summed E-state index contributed by atoms with van der Waals surface area (Å²) in [5.41, 5.74) is 5.23. The standard InChI is InChI=1S/C19H14Br2N4OS/c20-13-6-8-15(16(21)10-13)17-9-7-14(26-17)11-22-25-18(23-24-19(25)27)12-4-2-1-3-5-12/h1-10,22H,11H2,(H,24,27). The Hall–Kier alpha value is -2.16. The monoisotopic (exact) mass is 504 g/mol. The van der Waals surface area contributed by atoms with Gasteiger partial charge in [0.1, 0.15) is 11.5 Å². The van der Waals surface area contributed by atoms with Gasteiger partial charge in [-0.25, -0.2) is 9.77 Å². The van der Waals surface area contributed by atoms with E-state index in [-0.39, 0.29) is 0 Å². The number of hydrogen-bond acceptors (Lipinski definition) is 4. The molecule has 0 amide bonds. The number of furan rings is 1. The second-order valence-corrected chi connectivity index (χ2v) is 7.94. The Morgan fingerprint density at radius 1 is 1.07 bits per heavy atom. The number of halogens is 2. The molecule has 0 aliphatic heterocycles. The van der Waals surface area contributed by atoms with Crippen molar-refractivity contribution in [1.82, 2.24) is 14.9 Å². The van der Waals surface area contributed by atoms with Gasteiger partial charge in [-0.15, -0.1) is 0 Å². The fraction of sp³-hybridized carbons (Fsp3) is 0.0526. The zero-order chi connectivity index (χ0) is 18.8. The topological polar surface area (TPSA) is 58.8 Å². The van der Waals surface area contributed by atoms with Crippen molar-refractivity contribution in [3.63, 3.8) is 0 Å². The molecule has 2 aromatic carbocycles. The van der Waals surface area contributed by atoms with Gasteiger partial charge in [0, 0.05) is 20.1 Å². The van der Waals surface area contributed by atoms with Crippen LogP contribution >= 0.6 is 44.1 Å². The molecule has 0 aliphatic rings. The minimum Gasteiger partial charge on any atom is -0.459 e. The molecule has 136 valence electrons. The van der Waals surface area contributed by atoms with Crippen molar-refractivity contribution < 1.29 is 4.42 Å². The number of hydrogen-bond donors (Lipinski definition) is 2. The maximum Gasteiger partial charge on any atom is 0.214 e. The first-order valence-electron chi connectivity index (χ1n) is 8.12. The van der Waals surface area contributed by atoms with E-state index >= 15 is 0 Å². The van der Waals surface area contributed by atoms with Crippen LogP contribution in [0.3, 0.4) is 0 Å². The van der Waals surface area contributed by atoms with E-state index in [4.69, 9.17) is 16.6 Å². The average molecular weight is 506 g/mol. The summed E-state index contributed by atoms with van der Waals surface area (Å²) >= 11 is 12.4. The van der Waals surface area contributed by atoms with Crippen LogP contribution in [-0.2, 0) is 6.54 Å². The number of benzene rings is 2. The molecule has 0 saturated carbocycles. The molecule has 5 nitrogen and oxygen atoms in total. The van der Waals surface area contributed by atoms with Crippen LogP contribution in [0.15, 0.2) is 74.0 Å². The summed E-state index contributed by atoms with van der Waals surface area (Å²) in [5.74, 6) is 2.32. The van der Waals surface area contributed by atoms with Gasteiger partial charge in [-0.05, 0) is 58.5 Å². The maximum atomic E-state index is 5.99. The first-order valence-corrected chi connectivity index (χ1v) is 10.1. The van der Waals surface area contributed by atoms with E-state index < -0.39 is 0 Å². The normalized spacial score (nSPS) is 10.9. The quantitative estimate of drug-likeness (QED) is 0.320. The first-order chi connectivity index (χ1) is 13.1.